The number of hydrazine groups is 1. The molecule has 0 radical (unpaired) electrons. The van der Waals surface area contributed by atoms with Gasteiger partial charge in [0.25, 0.3) is 5.91 Å². The molecule has 0 aliphatic carbocycles. The predicted molar refractivity (Wildman–Crippen MR) is 144 cm³/mol. The molecule has 0 fully saturated rings. The number of nitrogens with zero attached hydrogens (tertiary/aromatic N) is 4. The Balaban J connectivity index is 1.48. The number of ether oxygens (including phenoxy) is 2. The van der Waals surface area contributed by atoms with Crippen molar-refractivity contribution in [2.24, 2.45) is 5.84 Å². The summed E-state index contributed by atoms with van der Waals surface area (Å²) in [7, 11) is 0. The Morgan fingerprint density at radius 1 is 1.18 bits per heavy atom. The number of aromatic nitrogens is 3. The number of hydrogen-bond donors (Lipinski definition) is 4. The number of amides is 1. The third kappa shape index (κ3) is 5.35. The van der Waals surface area contributed by atoms with Crippen LogP contribution >= 0.6 is 0 Å². The molecule has 2 aromatic heterocycles. The molecule has 1 amide bonds. The lowest BCUT2D eigenvalue weighted by molar-refractivity contribution is -0.118. The number of para-hydroxylation sites is 1. The maximum atomic E-state index is 14.6. The van der Waals surface area contributed by atoms with Crippen molar-refractivity contribution < 1.29 is 23.0 Å². The summed E-state index contributed by atoms with van der Waals surface area (Å²) in [6.45, 7) is 1.54. The Labute approximate surface area is 227 Å². The molecule has 3 heterocycles. The van der Waals surface area contributed by atoms with Crippen LogP contribution in [0.1, 0.15) is 23.9 Å². The van der Waals surface area contributed by atoms with E-state index < -0.39 is 17.5 Å². The molecular weight excluding hydrogens is 522 g/mol. The first kappa shape index (κ1) is 26.4. The normalized spacial score (nSPS) is 12.2. The number of carbonyl (C=O) groups is 1. The molecule has 0 saturated carbocycles. The highest BCUT2D eigenvalue weighted by Crippen LogP contribution is 2.37. The van der Waals surface area contributed by atoms with Crippen LogP contribution in [0.5, 0.6) is 11.5 Å². The van der Waals surface area contributed by atoms with E-state index in [-0.39, 0.29) is 60.0 Å². The van der Waals surface area contributed by atoms with E-state index in [9.17, 15) is 13.6 Å². The van der Waals surface area contributed by atoms with E-state index in [1.165, 1.54) is 5.01 Å². The smallest absolute Gasteiger partial charge is 0.263 e. The minimum absolute atomic E-state index is 0.0504. The SMILES string of the molecule is CCOc1cc(F)c(CNc2ccccc2C(=N)c2nc3c(c(N(N)c4ccncc4)n2)OCC(=O)N3)c(F)c1. The van der Waals surface area contributed by atoms with Crippen LogP contribution in [0.2, 0.25) is 0 Å². The van der Waals surface area contributed by atoms with Gasteiger partial charge in [0.1, 0.15) is 23.1 Å². The van der Waals surface area contributed by atoms with Crippen LogP contribution in [-0.4, -0.2) is 39.8 Å². The highest BCUT2D eigenvalue weighted by molar-refractivity contribution is 6.12. The van der Waals surface area contributed by atoms with Crippen molar-refractivity contribution in [2.45, 2.75) is 13.5 Å². The molecule has 40 heavy (non-hydrogen) atoms. The van der Waals surface area contributed by atoms with Gasteiger partial charge in [-0.1, -0.05) is 18.2 Å². The first-order chi connectivity index (χ1) is 19.4. The first-order valence-corrected chi connectivity index (χ1v) is 12.2. The summed E-state index contributed by atoms with van der Waals surface area (Å²) in [4.78, 5) is 24.8. The van der Waals surface area contributed by atoms with Gasteiger partial charge in [-0.25, -0.2) is 24.6 Å². The summed E-state index contributed by atoms with van der Waals surface area (Å²) >= 11 is 0. The second kappa shape index (κ2) is 11.3. The molecule has 0 saturated heterocycles. The second-order valence-corrected chi connectivity index (χ2v) is 8.53. The van der Waals surface area contributed by atoms with Crippen LogP contribution in [0.15, 0.2) is 60.9 Å². The molecule has 5 N–H and O–H groups in total. The van der Waals surface area contributed by atoms with E-state index >= 15 is 0 Å². The molecule has 13 heteroatoms. The number of carbonyl (C=O) groups excluding carboxylic acids is 1. The van der Waals surface area contributed by atoms with E-state index in [1.807, 2.05) is 0 Å². The van der Waals surface area contributed by atoms with Crippen LogP contribution < -0.4 is 31.0 Å². The first-order valence-electron chi connectivity index (χ1n) is 12.2. The molecule has 0 unspecified atom stereocenters. The van der Waals surface area contributed by atoms with Crippen molar-refractivity contribution in [3.63, 3.8) is 0 Å². The van der Waals surface area contributed by atoms with Crippen LogP contribution in [0.3, 0.4) is 0 Å². The van der Waals surface area contributed by atoms with Gasteiger partial charge in [-0.15, -0.1) is 0 Å². The molecule has 0 atom stereocenters. The standard InChI is InChI=1S/C27H24F2N8O3/c1-2-39-16-11-19(28)18(20(29)12-16)13-33-21-6-4-3-5-17(21)23(30)25-35-26-24(40-14-22(38)34-26)27(36-25)37(31)15-7-9-32-10-8-15/h3-12,30,33H,2,13-14,31H2,1H3,(H,34,35,36,38). The molecule has 11 nitrogen and oxygen atoms in total. The predicted octanol–water partition coefficient (Wildman–Crippen LogP) is 3.92. The molecule has 204 valence electrons. The number of benzene rings is 2. The fourth-order valence-corrected chi connectivity index (χ4v) is 4.02. The largest absolute Gasteiger partial charge is 0.494 e. The lowest BCUT2D eigenvalue weighted by Gasteiger charge is -2.25. The molecule has 5 rings (SSSR count). The minimum Gasteiger partial charge on any atom is -0.494 e. The lowest BCUT2D eigenvalue weighted by Crippen LogP contribution is -2.32. The Morgan fingerprint density at radius 2 is 1.90 bits per heavy atom. The van der Waals surface area contributed by atoms with E-state index in [0.717, 1.165) is 12.1 Å². The molecular formula is C27H24F2N8O3. The summed E-state index contributed by atoms with van der Waals surface area (Å²) in [5, 5.41) is 15.8. The van der Waals surface area contributed by atoms with Crippen molar-refractivity contribution in [2.75, 3.05) is 28.9 Å². The van der Waals surface area contributed by atoms with E-state index in [0.29, 0.717) is 16.9 Å². The summed E-state index contributed by atoms with van der Waals surface area (Å²) in [6, 6.07) is 12.3. The molecule has 1 aliphatic rings. The number of nitrogens with two attached hydrogens (primary N) is 1. The van der Waals surface area contributed by atoms with Gasteiger partial charge in [-0.2, -0.15) is 0 Å². The van der Waals surface area contributed by atoms with Crippen molar-refractivity contribution in [1.82, 2.24) is 15.0 Å². The Hall–Kier alpha value is -5.17. The second-order valence-electron chi connectivity index (χ2n) is 8.53. The molecule has 0 spiro atoms. The zero-order valence-corrected chi connectivity index (χ0v) is 21.2. The lowest BCUT2D eigenvalue weighted by atomic mass is 10.1. The summed E-state index contributed by atoms with van der Waals surface area (Å²) in [6.07, 6.45) is 3.10. The van der Waals surface area contributed by atoms with Crippen LogP contribution in [0, 0.1) is 17.0 Å². The van der Waals surface area contributed by atoms with E-state index in [1.54, 1.807) is 55.7 Å². The number of nitrogens with one attached hydrogen (secondary N) is 3. The number of anilines is 4. The van der Waals surface area contributed by atoms with Crippen LogP contribution in [0.25, 0.3) is 0 Å². The van der Waals surface area contributed by atoms with Gasteiger partial charge < -0.3 is 20.1 Å². The highest BCUT2D eigenvalue weighted by atomic mass is 19.1. The number of fused-ring (bicyclic) bond motifs is 1. The average molecular weight is 547 g/mol. The van der Waals surface area contributed by atoms with Crippen molar-refractivity contribution in [3.8, 4) is 11.5 Å². The topological polar surface area (TPSA) is 151 Å². The maximum absolute atomic E-state index is 14.6. The molecule has 0 bridgehead atoms. The average Bonchev–Trinajstić information content (AvgIpc) is 2.96. The zero-order chi connectivity index (χ0) is 28.2. The Kier molecular flexibility index (Phi) is 7.46. The van der Waals surface area contributed by atoms with Gasteiger partial charge in [-0.05, 0) is 25.1 Å². The summed E-state index contributed by atoms with van der Waals surface area (Å²) < 4.78 is 40.0. The molecule has 1 aliphatic heterocycles. The highest BCUT2D eigenvalue weighted by Gasteiger charge is 2.28. The summed E-state index contributed by atoms with van der Waals surface area (Å²) in [5.41, 5.74) is 0.948. The summed E-state index contributed by atoms with van der Waals surface area (Å²) in [5.74, 6) is 4.72. The number of pyridine rings is 1. The van der Waals surface area contributed by atoms with Gasteiger partial charge in [0, 0.05) is 47.9 Å². The van der Waals surface area contributed by atoms with Crippen molar-refractivity contribution in [1.29, 1.82) is 5.41 Å². The fraction of sp³-hybridized carbons (Fsp3) is 0.148. The van der Waals surface area contributed by atoms with Gasteiger partial charge in [0.15, 0.2) is 24.1 Å². The van der Waals surface area contributed by atoms with E-state index in [2.05, 4.69) is 25.6 Å². The van der Waals surface area contributed by atoms with Gasteiger partial charge in [-0.3, -0.25) is 20.2 Å². The number of rotatable bonds is 9. The molecule has 4 aromatic rings. The van der Waals surface area contributed by atoms with Gasteiger partial charge >= 0.3 is 0 Å². The fourth-order valence-electron chi connectivity index (χ4n) is 4.02. The Bertz CT molecular complexity index is 1560. The van der Waals surface area contributed by atoms with Gasteiger partial charge in [0.05, 0.1) is 12.3 Å². The maximum Gasteiger partial charge on any atom is 0.263 e. The number of hydrogen-bond acceptors (Lipinski definition) is 10. The quantitative estimate of drug-likeness (QED) is 0.139. The minimum atomic E-state index is -0.763. The number of halogens is 2. The van der Waals surface area contributed by atoms with Crippen LogP contribution in [-0.2, 0) is 11.3 Å². The monoisotopic (exact) mass is 546 g/mol. The van der Waals surface area contributed by atoms with Gasteiger partial charge in [0.2, 0.25) is 5.75 Å². The van der Waals surface area contributed by atoms with Crippen molar-refractivity contribution >= 4 is 34.6 Å². The van der Waals surface area contributed by atoms with Crippen LogP contribution in [0.4, 0.5) is 31.8 Å². The zero-order valence-electron chi connectivity index (χ0n) is 21.2. The Morgan fingerprint density at radius 3 is 2.62 bits per heavy atom. The third-order valence-electron chi connectivity index (χ3n) is 5.92. The third-order valence-corrected chi connectivity index (χ3v) is 5.92. The molecule has 2 aromatic carbocycles. The van der Waals surface area contributed by atoms with Crippen molar-refractivity contribution in [3.05, 3.63) is 89.5 Å². The van der Waals surface area contributed by atoms with E-state index in [4.69, 9.17) is 20.7 Å².